The molecule has 1 unspecified atom stereocenters. The van der Waals surface area contributed by atoms with Crippen LogP contribution in [0.2, 0.25) is 5.02 Å². The van der Waals surface area contributed by atoms with Crippen molar-refractivity contribution in [2.45, 2.75) is 25.8 Å². The number of carbonyl (C=O) groups is 2. The molecule has 2 aromatic rings. The van der Waals surface area contributed by atoms with E-state index >= 15 is 0 Å². The third-order valence-electron chi connectivity index (χ3n) is 3.01. The van der Waals surface area contributed by atoms with E-state index in [1.807, 2.05) is 18.2 Å². The summed E-state index contributed by atoms with van der Waals surface area (Å²) < 4.78 is 0. The molecule has 0 saturated heterocycles. The molecule has 2 N–H and O–H groups in total. The summed E-state index contributed by atoms with van der Waals surface area (Å²) in [6, 6.07) is 7.08. The summed E-state index contributed by atoms with van der Waals surface area (Å²) in [5, 5.41) is 14.3. The van der Waals surface area contributed by atoms with Crippen LogP contribution in [0.25, 0.3) is 10.6 Å². The fourth-order valence-electron chi connectivity index (χ4n) is 1.85. The first-order chi connectivity index (χ1) is 10.5. The van der Waals surface area contributed by atoms with Gasteiger partial charge in [0.05, 0.1) is 5.02 Å². The van der Waals surface area contributed by atoms with E-state index in [-0.39, 0.29) is 18.4 Å². The zero-order chi connectivity index (χ0) is 16.1. The summed E-state index contributed by atoms with van der Waals surface area (Å²) in [5.41, 5.74) is 1.09. The average Bonchev–Trinajstić information content (AvgIpc) is 2.95. The number of aromatic nitrogens is 1. The van der Waals surface area contributed by atoms with Crippen molar-refractivity contribution in [1.82, 2.24) is 10.3 Å². The summed E-state index contributed by atoms with van der Waals surface area (Å²) in [7, 11) is 0. The van der Waals surface area contributed by atoms with Crippen LogP contribution >= 0.6 is 22.9 Å². The Labute approximate surface area is 137 Å². The van der Waals surface area contributed by atoms with Gasteiger partial charge in [0, 0.05) is 23.4 Å². The highest BCUT2D eigenvalue weighted by Crippen LogP contribution is 2.30. The van der Waals surface area contributed by atoms with E-state index in [9.17, 15) is 9.59 Å². The summed E-state index contributed by atoms with van der Waals surface area (Å²) in [6.07, 6.45) is 0.395. The molecule has 1 heterocycles. The minimum Gasteiger partial charge on any atom is -0.481 e. The number of amides is 1. The SMILES string of the molecule is CC(CCC(=O)O)NC(=O)c1csc(-c2ccccc2Cl)n1. The van der Waals surface area contributed by atoms with Crippen molar-refractivity contribution < 1.29 is 14.7 Å². The number of hydrogen-bond acceptors (Lipinski definition) is 4. The molecular formula is C15H15ClN2O3S. The molecule has 5 nitrogen and oxygen atoms in total. The van der Waals surface area contributed by atoms with E-state index in [4.69, 9.17) is 16.7 Å². The Morgan fingerprint density at radius 1 is 1.41 bits per heavy atom. The normalized spacial score (nSPS) is 11.9. The molecule has 0 saturated carbocycles. The molecule has 1 aromatic carbocycles. The summed E-state index contributed by atoms with van der Waals surface area (Å²) in [4.78, 5) is 26.9. The van der Waals surface area contributed by atoms with Gasteiger partial charge in [-0.1, -0.05) is 29.8 Å². The van der Waals surface area contributed by atoms with E-state index < -0.39 is 5.97 Å². The van der Waals surface area contributed by atoms with Crippen molar-refractivity contribution in [2.75, 3.05) is 0 Å². The molecule has 0 aliphatic rings. The number of carboxylic acids is 1. The maximum absolute atomic E-state index is 12.1. The van der Waals surface area contributed by atoms with Crippen LogP contribution < -0.4 is 5.32 Å². The molecule has 0 aliphatic heterocycles. The van der Waals surface area contributed by atoms with Gasteiger partial charge in [-0.25, -0.2) is 4.98 Å². The van der Waals surface area contributed by atoms with Crippen LogP contribution in [0.3, 0.4) is 0 Å². The predicted molar refractivity (Wildman–Crippen MR) is 86.4 cm³/mol. The van der Waals surface area contributed by atoms with Crippen molar-refractivity contribution in [1.29, 1.82) is 0 Å². The smallest absolute Gasteiger partial charge is 0.303 e. The van der Waals surface area contributed by atoms with Gasteiger partial charge in [0.25, 0.3) is 5.91 Å². The van der Waals surface area contributed by atoms with E-state index in [1.54, 1.807) is 18.4 Å². The quantitative estimate of drug-likeness (QED) is 0.845. The number of rotatable bonds is 6. The number of nitrogens with zero attached hydrogens (tertiary/aromatic N) is 1. The molecule has 1 atom stereocenters. The molecule has 22 heavy (non-hydrogen) atoms. The number of nitrogens with one attached hydrogen (secondary N) is 1. The van der Waals surface area contributed by atoms with Gasteiger partial charge in [-0.15, -0.1) is 11.3 Å². The fraction of sp³-hybridized carbons (Fsp3) is 0.267. The Balaban J connectivity index is 2.03. The van der Waals surface area contributed by atoms with Crippen molar-refractivity contribution in [3.63, 3.8) is 0 Å². The Kier molecular flexibility index (Phi) is 5.51. The van der Waals surface area contributed by atoms with Gasteiger partial charge >= 0.3 is 5.97 Å². The monoisotopic (exact) mass is 338 g/mol. The molecule has 0 spiro atoms. The predicted octanol–water partition coefficient (Wildman–Crippen LogP) is 3.45. The minimum absolute atomic E-state index is 0.0172. The standard InChI is InChI=1S/C15H15ClN2O3S/c1-9(6-7-13(19)20)17-14(21)12-8-22-15(18-12)10-4-2-3-5-11(10)16/h2-5,8-9H,6-7H2,1H3,(H,17,21)(H,19,20). The van der Waals surface area contributed by atoms with Crippen molar-refractivity contribution in [3.8, 4) is 10.6 Å². The highest BCUT2D eigenvalue weighted by atomic mass is 35.5. The lowest BCUT2D eigenvalue weighted by atomic mass is 10.2. The second-order valence-electron chi connectivity index (χ2n) is 4.82. The zero-order valence-corrected chi connectivity index (χ0v) is 13.4. The van der Waals surface area contributed by atoms with Crippen LogP contribution in [-0.4, -0.2) is 28.0 Å². The molecule has 1 aromatic heterocycles. The van der Waals surface area contributed by atoms with Crippen LogP contribution in [0, 0.1) is 0 Å². The van der Waals surface area contributed by atoms with Gasteiger partial charge in [0.15, 0.2) is 0 Å². The molecule has 0 aliphatic carbocycles. The van der Waals surface area contributed by atoms with Crippen LogP contribution in [0.15, 0.2) is 29.6 Å². The number of carbonyl (C=O) groups excluding carboxylic acids is 1. The van der Waals surface area contributed by atoms with Crippen LogP contribution in [0.4, 0.5) is 0 Å². The largest absolute Gasteiger partial charge is 0.481 e. The number of hydrogen-bond donors (Lipinski definition) is 2. The Morgan fingerprint density at radius 2 is 2.14 bits per heavy atom. The van der Waals surface area contributed by atoms with E-state index in [0.717, 1.165) is 5.56 Å². The van der Waals surface area contributed by atoms with Crippen LogP contribution in [0.1, 0.15) is 30.3 Å². The fourth-order valence-corrected chi connectivity index (χ4v) is 2.97. The first-order valence-corrected chi connectivity index (χ1v) is 7.96. The van der Waals surface area contributed by atoms with Gasteiger partial charge in [-0.2, -0.15) is 0 Å². The maximum Gasteiger partial charge on any atom is 0.303 e. The highest BCUT2D eigenvalue weighted by Gasteiger charge is 2.15. The van der Waals surface area contributed by atoms with Crippen LogP contribution in [-0.2, 0) is 4.79 Å². The van der Waals surface area contributed by atoms with E-state index in [2.05, 4.69) is 10.3 Å². The van der Waals surface area contributed by atoms with Gasteiger partial charge in [-0.3, -0.25) is 9.59 Å². The Bertz CT molecular complexity index is 687. The molecular weight excluding hydrogens is 324 g/mol. The molecule has 0 bridgehead atoms. The third kappa shape index (κ3) is 4.29. The van der Waals surface area contributed by atoms with Gasteiger partial charge in [0.1, 0.15) is 10.7 Å². The number of aliphatic carboxylic acids is 1. The summed E-state index contributed by atoms with van der Waals surface area (Å²) >= 11 is 7.45. The van der Waals surface area contributed by atoms with Crippen molar-refractivity contribution in [3.05, 3.63) is 40.4 Å². The maximum atomic E-state index is 12.1. The Hall–Kier alpha value is -1.92. The van der Waals surface area contributed by atoms with E-state index in [0.29, 0.717) is 22.1 Å². The number of thiazole rings is 1. The topological polar surface area (TPSA) is 79.3 Å². The van der Waals surface area contributed by atoms with Gasteiger partial charge in [0.2, 0.25) is 0 Å². The lowest BCUT2D eigenvalue weighted by Crippen LogP contribution is -2.33. The molecule has 116 valence electrons. The lowest BCUT2D eigenvalue weighted by Gasteiger charge is -2.11. The van der Waals surface area contributed by atoms with Crippen molar-refractivity contribution in [2.24, 2.45) is 0 Å². The first kappa shape index (κ1) is 16.5. The average molecular weight is 339 g/mol. The van der Waals surface area contributed by atoms with E-state index in [1.165, 1.54) is 11.3 Å². The van der Waals surface area contributed by atoms with Crippen LogP contribution in [0.5, 0.6) is 0 Å². The third-order valence-corrected chi connectivity index (χ3v) is 4.21. The number of halogens is 1. The first-order valence-electron chi connectivity index (χ1n) is 6.70. The molecule has 0 fully saturated rings. The minimum atomic E-state index is -0.879. The summed E-state index contributed by atoms with van der Waals surface area (Å²) in [5.74, 6) is -1.19. The molecule has 1 amide bonds. The summed E-state index contributed by atoms with van der Waals surface area (Å²) in [6.45, 7) is 1.77. The molecule has 7 heteroatoms. The van der Waals surface area contributed by atoms with Gasteiger partial charge in [-0.05, 0) is 19.4 Å². The number of benzene rings is 1. The zero-order valence-electron chi connectivity index (χ0n) is 11.9. The second kappa shape index (κ2) is 7.38. The second-order valence-corrected chi connectivity index (χ2v) is 6.09. The van der Waals surface area contributed by atoms with Crippen molar-refractivity contribution >= 4 is 34.8 Å². The Morgan fingerprint density at radius 3 is 2.82 bits per heavy atom. The van der Waals surface area contributed by atoms with Gasteiger partial charge < -0.3 is 10.4 Å². The lowest BCUT2D eigenvalue weighted by molar-refractivity contribution is -0.137. The highest BCUT2D eigenvalue weighted by molar-refractivity contribution is 7.13. The molecule has 2 rings (SSSR count). The molecule has 0 radical (unpaired) electrons. The number of carboxylic acid groups (broad SMARTS) is 1.